The summed E-state index contributed by atoms with van der Waals surface area (Å²) in [5.41, 5.74) is 7.60. The fraction of sp³-hybridized carbons (Fsp3) is 0. The summed E-state index contributed by atoms with van der Waals surface area (Å²) < 4.78 is 8.86. The largest absolute Gasteiger partial charge is 0.456 e. The van der Waals surface area contributed by atoms with Gasteiger partial charge in [-0.1, -0.05) is 115 Å². The van der Waals surface area contributed by atoms with Crippen LogP contribution in [-0.2, 0) is 0 Å². The first-order valence-corrected chi connectivity index (χ1v) is 16.7. The van der Waals surface area contributed by atoms with Crippen molar-refractivity contribution in [3.8, 4) is 11.1 Å². The molecule has 0 amide bonds. The van der Waals surface area contributed by atoms with Crippen molar-refractivity contribution in [1.29, 1.82) is 0 Å². The van der Waals surface area contributed by atoms with E-state index in [4.69, 9.17) is 4.42 Å². The summed E-state index contributed by atoms with van der Waals surface area (Å²) in [7, 11) is 0. The van der Waals surface area contributed by atoms with Gasteiger partial charge < -0.3 is 9.32 Å². The zero-order valence-corrected chi connectivity index (χ0v) is 26.2. The highest BCUT2D eigenvalue weighted by atomic mass is 32.1. The maximum absolute atomic E-state index is 6.25. The van der Waals surface area contributed by atoms with Gasteiger partial charge >= 0.3 is 0 Å². The fourth-order valence-electron chi connectivity index (χ4n) is 7.26. The van der Waals surface area contributed by atoms with E-state index < -0.39 is 0 Å². The van der Waals surface area contributed by atoms with Crippen molar-refractivity contribution in [3.63, 3.8) is 0 Å². The number of rotatable bonds is 4. The van der Waals surface area contributed by atoms with Crippen LogP contribution in [0.3, 0.4) is 0 Å². The van der Waals surface area contributed by atoms with Gasteiger partial charge in [0.1, 0.15) is 11.2 Å². The lowest BCUT2D eigenvalue weighted by Crippen LogP contribution is -2.10. The predicted octanol–water partition coefficient (Wildman–Crippen LogP) is 13.4. The van der Waals surface area contributed by atoms with E-state index in [1.54, 1.807) is 0 Å². The highest BCUT2D eigenvalue weighted by Crippen LogP contribution is 2.48. The van der Waals surface area contributed by atoms with Crippen LogP contribution in [0.5, 0.6) is 0 Å². The third kappa shape index (κ3) is 4.10. The zero-order chi connectivity index (χ0) is 30.9. The number of furan rings is 1. The average molecular weight is 618 g/mol. The van der Waals surface area contributed by atoms with Crippen LogP contribution in [-0.4, -0.2) is 0 Å². The molecule has 220 valence electrons. The Morgan fingerprint density at radius 2 is 1.11 bits per heavy atom. The van der Waals surface area contributed by atoms with Crippen LogP contribution in [0.2, 0.25) is 0 Å². The van der Waals surface area contributed by atoms with Crippen molar-refractivity contribution in [2.24, 2.45) is 0 Å². The number of hydrogen-bond donors (Lipinski definition) is 0. The molecule has 0 saturated heterocycles. The van der Waals surface area contributed by atoms with Crippen LogP contribution < -0.4 is 4.90 Å². The molecule has 0 bridgehead atoms. The van der Waals surface area contributed by atoms with Gasteiger partial charge in [0.05, 0.1) is 5.69 Å². The van der Waals surface area contributed by atoms with Gasteiger partial charge in [0.25, 0.3) is 0 Å². The topological polar surface area (TPSA) is 16.4 Å². The molecule has 0 aliphatic carbocycles. The molecule has 3 heteroatoms. The molecule has 10 aromatic rings. The van der Waals surface area contributed by atoms with E-state index >= 15 is 0 Å². The van der Waals surface area contributed by atoms with Gasteiger partial charge in [-0.15, -0.1) is 11.3 Å². The number of benzene rings is 8. The van der Waals surface area contributed by atoms with E-state index in [1.807, 2.05) is 23.5 Å². The van der Waals surface area contributed by atoms with Crippen molar-refractivity contribution in [3.05, 3.63) is 164 Å². The summed E-state index contributed by atoms with van der Waals surface area (Å²) >= 11 is 1.88. The Balaban J connectivity index is 1.25. The third-order valence-electron chi connectivity index (χ3n) is 9.43. The number of thiophene rings is 1. The van der Waals surface area contributed by atoms with Crippen LogP contribution in [0.4, 0.5) is 17.1 Å². The highest BCUT2D eigenvalue weighted by Gasteiger charge is 2.22. The number of hydrogen-bond acceptors (Lipinski definition) is 3. The van der Waals surface area contributed by atoms with Gasteiger partial charge in [0.15, 0.2) is 0 Å². The molecule has 0 N–H and O–H groups in total. The van der Waals surface area contributed by atoms with Crippen LogP contribution in [0, 0.1) is 0 Å². The third-order valence-corrected chi connectivity index (χ3v) is 10.6. The molecule has 0 aliphatic heterocycles. The normalized spacial score (nSPS) is 11.8. The van der Waals surface area contributed by atoms with Crippen molar-refractivity contribution in [2.75, 3.05) is 4.90 Å². The first-order valence-electron chi connectivity index (χ1n) is 15.9. The van der Waals surface area contributed by atoms with Crippen molar-refractivity contribution in [2.45, 2.75) is 0 Å². The maximum atomic E-state index is 6.25. The minimum absolute atomic E-state index is 0.894. The molecule has 0 aliphatic rings. The molecule has 0 fully saturated rings. The molecular formula is C44H27NOS. The van der Waals surface area contributed by atoms with E-state index in [2.05, 4.69) is 157 Å². The van der Waals surface area contributed by atoms with E-state index in [0.29, 0.717) is 0 Å². The van der Waals surface area contributed by atoms with E-state index in [0.717, 1.165) is 33.3 Å². The number of para-hydroxylation sites is 1. The Labute approximate surface area is 275 Å². The summed E-state index contributed by atoms with van der Waals surface area (Å²) in [4.78, 5) is 2.43. The first-order chi connectivity index (χ1) is 23.3. The maximum Gasteiger partial charge on any atom is 0.135 e. The smallest absolute Gasteiger partial charge is 0.135 e. The standard InChI is InChI=1S/C44H27NOS/c1-3-13-33-28(10-1)12-9-17-34(33)29-20-22-31(23-21-29)45(32-24-25-41-38(27-32)36-15-5-7-18-40(36)46-41)39-26-30-11-2-4-14-35(30)44-43(39)37-16-6-8-19-42(37)47-44/h1-27H. The summed E-state index contributed by atoms with van der Waals surface area (Å²) in [6, 6.07) is 59.1. The summed E-state index contributed by atoms with van der Waals surface area (Å²) in [5, 5.41) is 9.82. The predicted molar refractivity (Wildman–Crippen MR) is 202 cm³/mol. The fourth-order valence-corrected chi connectivity index (χ4v) is 8.52. The number of nitrogens with zero attached hydrogens (tertiary/aromatic N) is 1. The lowest BCUT2D eigenvalue weighted by Gasteiger charge is -2.27. The van der Waals surface area contributed by atoms with Crippen molar-refractivity contribution < 1.29 is 4.42 Å². The molecule has 0 radical (unpaired) electrons. The summed E-state index contributed by atoms with van der Waals surface area (Å²) in [6.45, 7) is 0. The van der Waals surface area contributed by atoms with Gasteiger partial charge in [-0.2, -0.15) is 0 Å². The lowest BCUT2D eigenvalue weighted by molar-refractivity contribution is 0.669. The molecule has 0 atom stereocenters. The van der Waals surface area contributed by atoms with Gasteiger partial charge in [-0.3, -0.25) is 0 Å². The number of fused-ring (bicyclic) bond motifs is 9. The molecule has 0 saturated carbocycles. The minimum atomic E-state index is 0.894. The van der Waals surface area contributed by atoms with Crippen LogP contribution >= 0.6 is 11.3 Å². The Bertz CT molecular complexity index is 2800. The molecule has 2 aromatic heterocycles. The van der Waals surface area contributed by atoms with Gasteiger partial charge in [-0.05, 0) is 81.2 Å². The summed E-state index contributed by atoms with van der Waals surface area (Å²) in [6.07, 6.45) is 0. The Morgan fingerprint density at radius 3 is 1.98 bits per heavy atom. The Kier molecular flexibility index (Phi) is 5.78. The molecule has 2 nitrogen and oxygen atoms in total. The Morgan fingerprint density at radius 1 is 0.447 bits per heavy atom. The van der Waals surface area contributed by atoms with Crippen LogP contribution in [0.25, 0.3) is 74.8 Å². The first kappa shape index (κ1) is 26.3. The SMILES string of the molecule is c1ccc2c(-c3ccc(N(c4ccc5oc6ccccc6c5c4)c4cc5ccccc5c5sc6ccccc6c45)cc3)cccc2c1. The monoisotopic (exact) mass is 617 g/mol. The lowest BCUT2D eigenvalue weighted by atomic mass is 9.97. The van der Waals surface area contributed by atoms with Crippen molar-refractivity contribution in [1.82, 2.24) is 0 Å². The second-order valence-electron chi connectivity index (χ2n) is 12.1. The number of anilines is 3. The van der Waals surface area contributed by atoms with E-state index in [1.165, 1.54) is 58.5 Å². The second-order valence-corrected chi connectivity index (χ2v) is 13.2. The Hall–Kier alpha value is -5.90. The molecular weight excluding hydrogens is 591 g/mol. The average Bonchev–Trinajstić information content (AvgIpc) is 3.71. The molecule has 2 heterocycles. The summed E-state index contributed by atoms with van der Waals surface area (Å²) in [5.74, 6) is 0. The quantitative estimate of drug-likeness (QED) is 0.195. The molecule has 0 spiro atoms. The van der Waals surface area contributed by atoms with Crippen LogP contribution in [0.15, 0.2) is 168 Å². The molecule has 0 unspecified atom stereocenters. The second kappa shape index (κ2) is 10.3. The molecule has 10 rings (SSSR count). The van der Waals surface area contributed by atoms with Gasteiger partial charge in [0, 0.05) is 42.3 Å². The zero-order valence-electron chi connectivity index (χ0n) is 25.4. The van der Waals surface area contributed by atoms with E-state index in [9.17, 15) is 0 Å². The molecule has 47 heavy (non-hydrogen) atoms. The van der Waals surface area contributed by atoms with Gasteiger partial charge in [0.2, 0.25) is 0 Å². The van der Waals surface area contributed by atoms with Crippen LogP contribution in [0.1, 0.15) is 0 Å². The van der Waals surface area contributed by atoms with Gasteiger partial charge in [-0.25, -0.2) is 0 Å². The van der Waals surface area contributed by atoms with E-state index in [-0.39, 0.29) is 0 Å². The minimum Gasteiger partial charge on any atom is -0.456 e. The molecule has 8 aromatic carbocycles. The van der Waals surface area contributed by atoms with Crippen molar-refractivity contribution >= 4 is 92.1 Å². The highest BCUT2D eigenvalue weighted by molar-refractivity contribution is 7.26.